The summed E-state index contributed by atoms with van der Waals surface area (Å²) in [5, 5.41) is 23.8. The highest BCUT2D eigenvalue weighted by Gasteiger charge is 2.16. The molecule has 0 saturated heterocycles. The first kappa shape index (κ1) is 25.6. The molecule has 3 aromatic rings. The van der Waals surface area contributed by atoms with Crippen molar-refractivity contribution in [3.63, 3.8) is 0 Å². The summed E-state index contributed by atoms with van der Waals surface area (Å²) in [6.45, 7) is 2.35. The van der Waals surface area contributed by atoms with Gasteiger partial charge in [0.1, 0.15) is 18.2 Å². The Bertz CT molecular complexity index is 1320. The number of hydrogen-bond acceptors (Lipinski definition) is 6. The molecule has 0 unspecified atom stereocenters. The van der Waals surface area contributed by atoms with Gasteiger partial charge < -0.3 is 14.8 Å². The molecule has 0 aliphatic rings. The number of nitro groups is 1. The first-order valence-corrected chi connectivity index (χ1v) is 11.1. The van der Waals surface area contributed by atoms with Crippen LogP contribution in [0.4, 0.5) is 11.4 Å². The lowest BCUT2D eigenvalue weighted by atomic mass is 10.1. The second-order valence-corrected chi connectivity index (χ2v) is 7.95. The lowest BCUT2D eigenvalue weighted by Crippen LogP contribution is -2.13. The van der Waals surface area contributed by atoms with Crippen LogP contribution in [0.25, 0.3) is 6.08 Å². The van der Waals surface area contributed by atoms with Gasteiger partial charge in [-0.05, 0) is 54.5 Å². The fraction of sp³-hybridized carbons (Fsp3) is 0.120. The Morgan fingerprint density at radius 2 is 1.89 bits per heavy atom. The molecule has 178 valence electrons. The van der Waals surface area contributed by atoms with E-state index in [1.807, 2.05) is 18.2 Å². The fourth-order valence-corrected chi connectivity index (χ4v) is 3.42. The zero-order chi connectivity index (χ0) is 25.4. The molecular formula is C25H19Cl2N3O5. The Labute approximate surface area is 211 Å². The average Bonchev–Trinajstić information content (AvgIpc) is 2.83. The van der Waals surface area contributed by atoms with E-state index in [1.165, 1.54) is 30.3 Å². The highest BCUT2D eigenvalue weighted by molar-refractivity contribution is 6.32. The monoisotopic (exact) mass is 511 g/mol. The first-order chi connectivity index (χ1) is 16.8. The maximum Gasteiger partial charge on any atom is 0.271 e. The van der Waals surface area contributed by atoms with Crippen LogP contribution in [-0.2, 0) is 11.4 Å². The van der Waals surface area contributed by atoms with Crippen molar-refractivity contribution in [1.82, 2.24) is 0 Å². The van der Waals surface area contributed by atoms with E-state index in [0.717, 1.165) is 5.56 Å². The van der Waals surface area contributed by atoms with Gasteiger partial charge in [0.25, 0.3) is 11.6 Å². The predicted molar refractivity (Wildman–Crippen MR) is 134 cm³/mol. The molecule has 8 nitrogen and oxygen atoms in total. The van der Waals surface area contributed by atoms with Crippen molar-refractivity contribution >= 4 is 46.6 Å². The smallest absolute Gasteiger partial charge is 0.271 e. The van der Waals surface area contributed by atoms with Crippen LogP contribution in [0, 0.1) is 21.4 Å². The van der Waals surface area contributed by atoms with Gasteiger partial charge in [-0.3, -0.25) is 14.9 Å². The molecule has 0 fully saturated rings. The Morgan fingerprint density at radius 3 is 2.54 bits per heavy atom. The number of carbonyl (C=O) groups excluding carboxylic acids is 1. The summed E-state index contributed by atoms with van der Waals surface area (Å²) in [6.07, 6.45) is 1.34. The minimum Gasteiger partial charge on any atom is -0.490 e. The number of halogens is 2. The van der Waals surface area contributed by atoms with E-state index in [2.05, 4.69) is 5.32 Å². The van der Waals surface area contributed by atoms with Crippen molar-refractivity contribution in [3.8, 4) is 17.6 Å². The third-order valence-electron chi connectivity index (χ3n) is 4.62. The summed E-state index contributed by atoms with van der Waals surface area (Å²) in [6, 6.07) is 17.5. The van der Waals surface area contributed by atoms with Crippen LogP contribution in [0.2, 0.25) is 10.0 Å². The van der Waals surface area contributed by atoms with E-state index in [9.17, 15) is 20.2 Å². The van der Waals surface area contributed by atoms with Crippen LogP contribution in [0.5, 0.6) is 11.5 Å². The number of nitrogens with one attached hydrogen (secondary N) is 1. The lowest BCUT2D eigenvalue weighted by molar-refractivity contribution is -0.384. The summed E-state index contributed by atoms with van der Waals surface area (Å²) in [7, 11) is 0. The molecule has 3 rings (SSSR count). The average molecular weight is 512 g/mol. The molecule has 1 amide bonds. The van der Waals surface area contributed by atoms with Crippen molar-refractivity contribution in [2.24, 2.45) is 0 Å². The van der Waals surface area contributed by atoms with Gasteiger partial charge in [0.15, 0.2) is 11.5 Å². The predicted octanol–water partition coefficient (Wildman–Crippen LogP) is 6.42. The molecule has 0 aliphatic carbocycles. The first-order valence-electron chi connectivity index (χ1n) is 10.3. The zero-order valence-electron chi connectivity index (χ0n) is 18.5. The second kappa shape index (κ2) is 11.9. The SMILES string of the molecule is CCOc1cc(/C=C(\C#N)C(=O)Nc2cccc([N+](=O)[O-])c2)cc(Cl)c1OCc1ccc(Cl)cc1. The molecule has 35 heavy (non-hydrogen) atoms. The number of nitrogens with zero attached hydrogens (tertiary/aromatic N) is 2. The molecule has 10 heteroatoms. The number of hydrogen-bond donors (Lipinski definition) is 1. The van der Waals surface area contributed by atoms with Gasteiger partial charge in [0.05, 0.1) is 16.6 Å². The summed E-state index contributed by atoms with van der Waals surface area (Å²) < 4.78 is 11.5. The van der Waals surface area contributed by atoms with Crippen LogP contribution in [0.1, 0.15) is 18.1 Å². The normalized spacial score (nSPS) is 10.9. The van der Waals surface area contributed by atoms with E-state index in [4.69, 9.17) is 32.7 Å². The summed E-state index contributed by atoms with van der Waals surface area (Å²) >= 11 is 12.4. The lowest BCUT2D eigenvalue weighted by Gasteiger charge is -2.15. The van der Waals surface area contributed by atoms with Crippen molar-refractivity contribution in [1.29, 1.82) is 5.26 Å². The van der Waals surface area contributed by atoms with Gasteiger partial charge in [-0.25, -0.2) is 0 Å². The molecule has 0 atom stereocenters. The molecule has 0 spiro atoms. The minimum absolute atomic E-state index is 0.185. The third kappa shape index (κ3) is 6.96. The number of benzene rings is 3. The third-order valence-corrected chi connectivity index (χ3v) is 5.15. The summed E-state index contributed by atoms with van der Waals surface area (Å²) in [5.41, 5.74) is 1.08. The highest BCUT2D eigenvalue weighted by Crippen LogP contribution is 2.38. The molecular weight excluding hydrogens is 493 g/mol. The Kier molecular flexibility index (Phi) is 8.68. The molecule has 0 radical (unpaired) electrons. The standard InChI is InChI=1S/C25H19Cl2N3O5/c1-2-34-23-12-17(11-22(27)24(23)35-15-16-6-8-19(26)9-7-16)10-18(14-28)25(31)29-20-4-3-5-21(13-20)30(32)33/h3-13H,2,15H2,1H3,(H,29,31)/b18-10+. The zero-order valence-corrected chi connectivity index (χ0v) is 20.0. The molecule has 0 aliphatic heterocycles. The number of rotatable bonds is 9. The Hall–Kier alpha value is -4.06. The van der Waals surface area contributed by atoms with Gasteiger partial charge in [-0.1, -0.05) is 41.4 Å². The minimum atomic E-state index is -0.731. The molecule has 0 saturated carbocycles. The molecule has 0 aromatic heterocycles. The molecule has 0 bridgehead atoms. The maximum atomic E-state index is 12.6. The molecule has 3 aromatic carbocycles. The van der Waals surface area contributed by atoms with Crippen LogP contribution in [-0.4, -0.2) is 17.4 Å². The quantitative estimate of drug-likeness (QED) is 0.153. The van der Waals surface area contributed by atoms with Crippen LogP contribution < -0.4 is 14.8 Å². The highest BCUT2D eigenvalue weighted by atomic mass is 35.5. The van der Waals surface area contributed by atoms with Gasteiger partial charge in [0.2, 0.25) is 0 Å². The number of amides is 1. The molecule has 1 N–H and O–H groups in total. The van der Waals surface area contributed by atoms with Crippen LogP contribution in [0.15, 0.2) is 66.2 Å². The number of ether oxygens (including phenoxy) is 2. The van der Waals surface area contributed by atoms with Gasteiger partial charge in [-0.2, -0.15) is 5.26 Å². The Balaban J connectivity index is 1.84. The number of nitro benzene ring substituents is 1. The van der Waals surface area contributed by atoms with E-state index in [0.29, 0.717) is 28.7 Å². The summed E-state index contributed by atoms with van der Waals surface area (Å²) in [5.74, 6) is -0.0677. The Morgan fingerprint density at radius 1 is 1.14 bits per heavy atom. The largest absolute Gasteiger partial charge is 0.490 e. The number of carbonyl (C=O) groups is 1. The number of nitriles is 1. The van der Waals surface area contributed by atoms with Crippen molar-refractivity contribution in [3.05, 3.63) is 97.5 Å². The second-order valence-electron chi connectivity index (χ2n) is 7.11. The van der Waals surface area contributed by atoms with Crippen molar-refractivity contribution in [2.75, 3.05) is 11.9 Å². The van der Waals surface area contributed by atoms with Crippen molar-refractivity contribution < 1.29 is 19.2 Å². The fourth-order valence-electron chi connectivity index (χ4n) is 3.02. The van der Waals surface area contributed by atoms with Gasteiger partial charge in [0, 0.05) is 22.8 Å². The van der Waals surface area contributed by atoms with Crippen LogP contribution in [0.3, 0.4) is 0 Å². The van der Waals surface area contributed by atoms with E-state index >= 15 is 0 Å². The van der Waals surface area contributed by atoms with Crippen LogP contribution >= 0.6 is 23.2 Å². The van der Waals surface area contributed by atoms with E-state index in [-0.39, 0.29) is 28.6 Å². The topological polar surface area (TPSA) is 114 Å². The van der Waals surface area contributed by atoms with E-state index < -0.39 is 10.8 Å². The van der Waals surface area contributed by atoms with Crippen molar-refractivity contribution in [2.45, 2.75) is 13.5 Å². The summed E-state index contributed by atoms with van der Waals surface area (Å²) in [4.78, 5) is 23.0. The van der Waals surface area contributed by atoms with E-state index in [1.54, 1.807) is 31.2 Å². The number of anilines is 1. The van der Waals surface area contributed by atoms with Gasteiger partial charge in [-0.15, -0.1) is 0 Å². The maximum absolute atomic E-state index is 12.6. The van der Waals surface area contributed by atoms with Gasteiger partial charge >= 0.3 is 0 Å². The number of non-ortho nitro benzene ring substituents is 1. The molecule has 0 heterocycles.